The predicted molar refractivity (Wildman–Crippen MR) is 204 cm³/mol. The van der Waals surface area contributed by atoms with Gasteiger partial charge in [0.15, 0.2) is 6.29 Å². The van der Waals surface area contributed by atoms with Crippen LogP contribution in [0.5, 0.6) is 0 Å². The summed E-state index contributed by atoms with van der Waals surface area (Å²) in [6.45, 7) is 3.63. The molecule has 51 heavy (non-hydrogen) atoms. The fourth-order valence-electron chi connectivity index (χ4n) is 6.99. The van der Waals surface area contributed by atoms with Gasteiger partial charge in [0.2, 0.25) is 5.91 Å². The second-order valence-corrected chi connectivity index (χ2v) is 15.3. The molecule has 0 aliphatic carbocycles. The molecule has 1 fully saturated rings. The molecule has 1 aliphatic heterocycles. The van der Waals surface area contributed by atoms with Gasteiger partial charge in [-0.05, 0) is 12.8 Å². The fraction of sp³-hybridized carbons (Fsp3) is 0.976. The number of hydrogen-bond acceptors (Lipinski definition) is 9. The maximum absolute atomic E-state index is 13.0. The topological polar surface area (TPSA) is 169 Å². The number of amides is 1. The second-order valence-electron chi connectivity index (χ2n) is 15.3. The molecule has 8 unspecified atom stereocenters. The standard InChI is InChI=1S/C41H81NO9/c1-3-5-7-9-11-13-14-15-16-17-18-19-20-22-23-25-27-29-34(44)33(32-50-41-39(48)38(47)37(46)36(31-43)51-41)42-40(49)35(45)30-28-26-24-21-12-10-8-6-4-2/h33-39,41,43-48H,3-32H2,1-2H3,(H,42,49). The summed E-state index contributed by atoms with van der Waals surface area (Å²) in [6, 6.07) is -0.885. The molecule has 304 valence electrons. The van der Waals surface area contributed by atoms with Gasteiger partial charge in [0.1, 0.15) is 30.5 Å². The van der Waals surface area contributed by atoms with Crippen molar-refractivity contribution in [1.29, 1.82) is 0 Å². The van der Waals surface area contributed by atoms with Crippen LogP contribution < -0.4 is 5.32 Å². The Morgan fingerprint density at radius 3 is 1.39 bits per heavy atom. The number of hydrogen-bond donors (Lipinski definition) is 7. The molecule has 10 heteroatoms. The highest BCUT2D eigenvalue weighted by Gasteiger charge is 2.44. The molecular formula is C41H81NO9. The van der Waals surface area contributed by atoms with Gasteiger partial charge in [0, 0.05) is 0 Å². The molecule has 0 aromatic rings. The van der Waals surface area contributed by atoms with Crippen LogP contribution in [-0.2, 0) is 14.3 Å². The van der Waals surface area contributed by atoms with Gasteiger partial charge in [-0.25, -0.2) is 0 Å². The van der Waals surface area contributed by atoms with Crippen molar-refractivity contribution in [1.82, 2.24) is 5.32 Å². The van der Waals surface area contributed by atoms with E-state index < -0.39 is 61.5 Å². The van der Waals surface area contributed by atoms with Crippen molar-refractivity contribution < 1.29 is 44.9 Å². The van der Waals surface area contributed by atoms with Gasteiger partial charge in [-0.3, -0.25) is 4.79 Å². The Kier molecular flexibility index (Phi) is 30.8. The molecule has 0 radical (unpaired) electrons. The van der Waals surface area contributed by atoms with E-state index in [4.69, 9.17) is 9.47 Å². The van der Waals surface area contributed by atoms with Crippen molar-refractivity contribution in [2.75, 3.05) is 13.2 Å². The molecule has 0 spiro atoms. The normalized spacial score (nSPS) is 22.5. The largest absolute Gasteiger partial charge is 0.394 e. The van der Waals surface area contributed by atoms with E-state index in [0.29, 0.717) is 12.8 Å². The monoisotopic (exact) mass is 732 g/mol. The SMILES string of the molecule is CCCCCCCCCCCCCCCCCCCC(O)C(COC1OC(CO)C(O)C(O)C1O)NC(=O)C(O)CCCCCCCCCCC. The van der Waals surface area contributed by atoms with E-state index in [-0.39, 0.29) is 6.61 Å². The van der Waals surface area contributed by atoms with E-state index in [1.807, 2.05) is 0 Å². The predicted octanol–water partition coefficient (Wildman–Crippen LogP) is 6.97. The van der Waals surface area contributed by atoms with Gasteiger partial charge >= 0.3 is 0 Å². The third-order valence-electron chi connectivity index (χ3n) is 10.6. The van der Waals surface area contributed by atoms with Crippen LogP contribution in [0.3, 0.4) is 0 Å². The molecule has 8 atom stereocenters. The van der Waals surface area contributed by atoms with E-state index in [9.17, 15) is 35.4 Å². The zero-order chi connectivity index (χ0) is 37.5. The molecule has 0 bridgehead atoms. The molecule has 0 saturated carbocycles. The first kappa shape index (κ1) is 48.2. The van der Waals surface area contributed by atoms with Crippen molar-refractivity contribution in [3.05, 3.63) is 0 Å². The van der Waals surface area contributed by atoms with Crippen LogP contribution in [0.15, 0.2) is 0 Å². The van der Waals surface area contributed by atoms with Crippen molar-refractivity contribution in [2.24, 2.45) is 0 Å². The summed E-state index contributed by atoms with van der Waals surface area (Å²) in [5.41, 5.74) is 0. The number of unbranched alkanes of at least 4 members (excludes halogenated alkanes) is 24. The molecule has 0 aromatic heterocycles. The highest BCUT2D eigenvalue weighted by molar-refractivity contribution is 5.80. The van der Waals surface area contributed by atoms with Gasteiger partial charge in [-0.15, -0.1) is 0 Å². The Bertz CT molecular complexity index is 788. The molecule has 1 amide bonds. The summed E-state index contributed by atoms with van der Waals surface area (Å²) >= 11 is 0. The molecule has 1 rings (SSSR count). The van der Waals surface area contributed by atoms with Crippen molar-refractivity contribution in [3.8, 4) is 0 Å². The number of rotatable bonds is 35. The Morgan fingerprint density at radius 2 is 0.980 bits per heavy atom. The van der Waals surface area contributed by atoms with Crippen molar-refractivity contribution in [2.45, 2.75) is 243 Å². The summed E-state index contributed by atoms with van der Waals surface area (Å²) < 4.78 is 11.1. The smallest absolute Gasteiger partial charge is 0.249 e. The fourth-order valence-corrected chi connectivity index (χ4v) is 6.99. The van der Waals surface area contributed by atoms with Crippen LogP contribution in [-0.4, -0.2) is 98.7 Å². The average molecular weight is 732 g/mol. The lowest BCUT2D eigenvalue weighted by Crippen LogP contribution is -2.60. The minimum absolute atomic E-state index is 0.251. The summed E-state index contributed by atoms with van der Waals surface area (Å²) in [5.74, 6) is -0.585. The number of carbonyl (C=O) groups excluding carboxylic acids is 1. The third kappa shape index (κ3) is 23.5. The van der Waals surface area contributed by atoms with Crippen LogP contribution in [0.1, 0.15) is 194 Å². The highest BCUT2D eigenvalue weighted by atomic mass is 16.7. The van der Waals surface area contributed by atoms with Gasteiger partial charge in [-0.2, -0.15) is 0 Å². The molecule has 0 aromatic carbocycles. The van der Waals surface area contributed by atoms with Crippen LogP contribution in [0.2, 0.25) is 0 Å². The van der Waals surface area contributed by atoms with E-state index in [0.717, 1.165) is 44.9 Å². The highest BCUT2D eigenvalue weighted by Crippen LogP contribution is 2.23. The van der Waals surface area contributed by atoms with Crippen LogP contribution in [0.25, 0.3) is 0 Å². The quantitative estimate of drug-likeness (QED) is 0.0341. The third-order valence-corrected chi connectivity index (χ3v) is 10.6. The lowest BCUT2D eigenvalue weighted by molar-refractivity contribution is -0.302. The molecule has 1 heterocycles. The summed E-state index contributed by atoms with van der Waals surface area (Å²) in [5, 5.41) is 64.5. The zero-order valence-electron chi connectivity index (χ0n) is 32.7. The first-order chi connectivity index (χ1) is 24.8. The molecule has 10 nitrogen and oxygen atoms in total. The van der Waals surface area contributed by atoms with E-state index in [2.05, 4.69) is 19.2 Å². The van der Waals surface area contributed by atoms with Crippen LogP contribution in [0.4, 0.5) is 0 Å². The maximum Gasteiger partial charge on any atom is 0.249 e. The van der Waals surface area contributed by atoms with E-state index in [1.165, 1.54) is 122 Å². The number of carbonyl (C=O) groups is 1. The van der Waals surface area contributed by atoms with Gasteiger partial charge in [-0.1, -0.05) is 181 Å². The van der Waals surface area contributed by atoms with E-state index in [1.54, 1.807) is 0 Å². The number of aliphatic hydroxyl groups is 6. The van der Waals surface area contributed by atoms with Gasteiger partial charge in [0.25, 0.3) is 0 Å². The molecule has 7 N–H and O–H groups in total. The maximum atomic E-state index is 13.0. The minimum atomic E-state index is -1.59. The molecular weight excluding hydrogens is 650 g/mol. The van der Waals surface area contributed by atoms with E-state index >= 15 is 0 Å². The first-order valence-electron chi connectivity index (χ1n) is 21.3. The second kappa shape index (κ2) is 32.6. The molecule has 1 saturated heterocycles. The number of aliphatic hydroxyl groups excluding tert-OH is 6. The van der Waals surface area contributed by atoms with Crippen LogP contribution in [0, 0.1) is 0 Å². The van der Waals surface area contributed by atoms with Gasteiger partial charge < -0.3 is 45.4 Å². The Hall–Kier alpha value is -0.850. The molecule has 1 aliphatic rings. The van der Waals surface area contributed by atoms with Crippen molar-refractivity contribution >= 4 is 5.91 Å². The average Bonchev–Trinajstić information content (AvgIpc) is 3.13. The minimum Gasteiger partial charge on any atom is -0.394 e. The lowest BCUT2D eigenvalue weighted by atomic mass is 9.99. The summed E-state index contributed by atoms with van der Waals surface area (Å²) in [6.07, 6.45) is 23.0. The van der Waals surface area contributed by atoms with Crippen LogP contribution >= 0.6 is 0 Å². The van der Waals surface area contributed by atoms with Crippen molar-refractivity contribution in [3.63, 3.8) is 0 Å². The Morgan fingerprint density at radius 1 is 0.588 bits per heavy atom. The first-order valence-corrected chi connectivity index (χ1v) is 21.3. The summed E-state index contributed by atoms with van der Waals surface area (Å²) in [4.78, 5) is 13.0. The summed E-state index contributed by atoms with van der Waals surface area (Å²) in [7, 11) is 0. The number of nitrogens with one attached hydrogen (secondary N) is 1. The lowest BCUT2D eigenvalue weighted by Gasteiger charge is -2.40. The number of ether oxygens (including phenoxy) is 2. The Balaban J connectivity index is 2.40. The Labute approximate surface area is 311 Å². The zero-order valence-corrected chi connectivity index (χ0v) is 32.7. The van der Waals surface area contributed by atoms with Gasteiger partial charge in [0.05, 0.1) is 25.4 Å².